The second kappa shape index (κ2) is 9.15. The van der Waals surface area contributed by atoms with Gasteiger partial charge in [-0.25, -0.2) is 4.98 Å². The Hall–Kier alpha value is -2.67. The molecule has 2 amide bonds. The predicted molar refractivity (Wildman–Crippen MR) is 102 cm³/mol. The van der Waals surface area contributed by atoms with Crippen LogP contribution in [-0.4, -0.2) is 46.9 Å². The fourth-order valence-corrected chi connectivity index (χ4v) is 2.70. The van der Waals surface area contributed by atoms with E-state index in [1.54, 1.807) is 35.4 Å². The van der Waals surface area contributed by atoms with E-state index in [2.05, 4.69) is 22.5 Å². The SMILES string of the molecule is CCC[C@H](NC(=O)c1ccc(NC(=O)CN(C)C)cc1)c1nccn1C. The van der Waals surface area contributed by atoms with Crippen molar-refractivity contribution in [1.29, 1.82) is 0 Å². The average molecular weight is 357 g/mol. The molecule has 0 saturated carbocycles. The molecule has 0 unspecified atom stereocenters. The van der Waals surface area contributed by atoms with Gasteiger partial charge in [0.25, 0.3) is 5.91 Å². The minimum atomic E-state index is -0.155. The molecular weight excluding hydrogens is 330 g/mol. The summed E-state index contributed by atoms with van der Waals surface area (Å²) in [6.07, 6.45) is 5.36. The minimum Gasteiger partial charge on any atom is -0.342 e. The Bertz CT molecular complexity index is 737. The van der Waals surface area contributed by atoms with Crippen molar-refractivity contribution in [3.05, 3.63) is 48.0 Å². The quantitative estimate of drug-likeness (QED) is 0.759. The third-order valence-electron chi connectivity index (χ3n) is 3.94. The lowest BCUT2D eigenvalue weighted by molar-refractivity contribution is -0.116. The lowest BCUT2D eigenvalue weighted by atomic mass is 10.1. The van der Waals surface area contributed by atoms with E-state index in [1.165, 1.54) is 0 Å². The molecule has 0 aliphatic heterocycles. The summed E-state index contributed by atoms with van der Waals surface area (Å²) in [6.45, 7) is 2.39. The summed E-state index contributed by atoms with van der Waals surface area (Å²) in [7, 11) is 5.59. The Balaban J connectivity index is 2.02. The van der Waals surface area contributed by atoms with Crippen molar-refractivity contribution < 1.29 is 9.59 Å². The van der Waals surface area contributed by atoms with Gasteiger partial charge in [0.15, 0.2) is 0 Å². The zero-order valence-electron chi connectivity index (χ0n) is 15.8. The number of imidazole rings is 1. The van der Waals surface area contributed by atoms with Gasteiger partial charge in [-0.1, -0.05) is 13.3 Å². The first-order valence-electron chi connectivity index (χ1n) is 8.73. The standard InChI is InChI=1S/C19H27N5O2/c1-5-6-16(18-20-11-12-24(18)4)22-19(26)14-7-9-15(10-8-14)21-17(25)13-23(2)3/h7-12,16H,5-6,13H2,1-4H3,(H,21,25)(H,22,26)/t16-/m0/s1. The highest BCUT2D eigenvalue weighted by Gasteiger charge is 2.18. The third kappa shape index (κ3) is 5.42. The van der Waals surface area contributed by atoms with E-state index in [-0.39, 0.29) is 17.9 Å². The van der Waals surface area contributed by atoms with Crippen LogP contribution in [0.15, 0.2) is 36.7 Å². The summed E-state index contributed by atoms with van der Waals surface area (Å²) in [5, 5.41) is 5.85. The maximum Gasteiger partial charge on any atom is 0.251 e. The molecule has 1 heterocycles. The topological polar surface area (TPSA) is 79.3 Å². The molecule has 7 heteroatoms. The smallest absolute Gasteiger partial charge is 0.251 e. The molecule has 0 spiro atoms. The van der Waals surface area contributed by atoms with Crippen LogP contribution in [0.1, 0.15) is 42.0 Å². The second-order valence-electron chi connectivity index (χ2n) is 6.57. The third-order valence-corrected chi connectivity index (χ3v) is 3.94. The van der Waals surface area contributed by atoms with E-state index in [1.807, 2.05) is 31.9 Å². The summed E-state index contributed by atoms with van der Waals surface area (Å²) in [6, 6.07) is 6.76. The number of likely N-dealkylation sites (N-methyl/N-ethyl adjacent to an activating group) is 1. The largest absolute Gasteiger partial charge is 0.342 e. The highest BCUT2D eigenvalue weighted by atomic mass is 16.2. The molecule has 0 saturated heterocycles. The van der Waals surface area contributed by atoms with Crippen molar-refractivity contribution >= 4 is 17.5 Å². The van der Waals surface area contributed by atoms with Gasteiger partial charge in [-0.15, -0.1) is 0 Å². The zero-order chi connectivity index (χ0) is 19.1. The molecule has 1 aromatic heterocycles. The number of anilines is 1. The molecule has 26 heavy (non-hydrogen) atoms. The van der Waals surface area contributed by atoms with Gasteiger partial charge in [0.2, 0.25) is 5.91 Å². The number of carbonyl (C=O) groups excluding carboxylic acids is 2. The molecule has 140 valence electrons. The van der Waals surface area contributed by atoms with Gasteiger partial charge in [-0.2, -0.15) is 0 Å². The van der Waals surface area contributed by atoms with Gasteiger partial charge in [0, 0.05) is 30.7 Å². The van der Waals surface area contributed by atoms with Crippen LogP contribution in [0.3, 0.4) is 0 Å². The number of rotatable bonds is 8. The number of nitrogens with one attached hydrogen (secondary N) is 2. The Labute approximate surface area is 154 Å². The number of hydrogen-bond acceptors (Lipinski definition) is 4. The van der Waals surface area contributed by atoms with Crippen LogP contribution in [0.2, 0.25) is 0 Å². The van der Waals surface area contributed by atoms with Crippen molar-refractivity contribution in [1.82, 2.24) is 19.8 Å². The van der Waals surface area contributed by atoms with E-state index < -0.39 is 0 Å². The molecule has 2 aromatic rings. The number of hydrogen-bond donors (Lipinski definition) is 2. The van der Waals surface area contributed by atoms with Crippen molar-refractivity contribution in [3.63, 3.8) is 0 Å². The number of aryl methyl sites for hydroxylation is 1. The van der Waals surface area contributed by atoms with Crippen LogP contribution in [-0.2, 0) is 11.8 Å². The summed E-state index contributed by atoms with van der Waals surface area (Å²) in [5.74, 6) is 0.593. The highest BCUT2D eigenvalue weighted by Crippen LogP contribution is 2.17. The molecular formula is C19H27N5O2. The molecule has 0 radical (unpaired) electrons. The fourth-order valence-electron chi connectivity index (χ4n) is 2.70. The molecule has 0 fully saturated rings. The fraction of sp³-hybridized carbons (Fsp3) is 0.421. The lowest BCUT2D eigenvalue weighted by Crippen LogP contribution is -2.30. The number of nitrogens with zero attached hydrogens (tertiary/aromatic N) is 3. The van der Waals surface area contributed by atoms with Gasteiger partial charge in [0.05, 0.1) is 12.6 Å². The summed E-state index contributed by atoms with van der Waals surface area (Å²) in [5.41, 5.74) is 1.22. The van der Waals surface area contributed by atoms with Crippen molar-refractivity contribution in [2.45, 2.75) is 25.8 Å². The van der Waals surface area contributed by atoms with Crippen molar-refractivity contribution in [2.24, 2.45) is 7.05 Å². The Morgan fingerprint density at radius 2 is 1.92 bits per heavy atom. The predicted octanol–water partition coefficient (Wildman–Crippen LogP) is 2.19. The van der Waals surface area contributed by atoms with Crippen molar-refractivity contribution in [2.75, 3.05) is 26.0 Å². The van der Waals surface area contributed by atoms with Crippen LogP contribution in [0.5, 0.6) is 0 Å². The molecule has 0 aliphatic rings. The number of aromatic nitrogens is 2. The molecule has 7 nitrogen and oxygen atoms in total. The average Bonchev–Trinajstić information content (AvgIpc) is 3.00. The number of amides is 2. The first kappa shape index (κ1) is 19.7. The first-order chi connectivity index (χ1) is 12.4. The van der Waals surface area contributed by atoms with Crippen LogP contribution in [0.25, 0.3) is 0 Å². The van der Waals surface area contributed by atoms with Gasteiger partial charge in [-0.3, -0.25) is 9.59 Å². The molecule has 2 rings (SSSR count). The number of carbonyl (C=O) groups is 2. The van der Waals surface area contributed by atoms with Crippen LogP contribution in [0, 0.1) is 0 Å². The summed E-state index contributed by atoms with van der Waals surface area (Å²) in [4.78, 5) is 30.5. The van der Waals surface area contributed by atoms with Crippen LogP contribution < -0.4 is 10.6 Å². The van der Waals surface area contributed by atoms with Gasteiger partial charge < -0.3 is 20.1 Å². The molecule has 2 N–H and O–H groups in total. The maximum atomic E-state index is 12.6. The molecule has 1 atom stereocenters. The first-order valence-corrected chi connectivity index (χ1v) is 8.73. The van der Waals surface area contributed by atoms with Crippen LogP contribution in [0.4, 0.5) is 5.69 Å². The molecule has 0 aliphatic carbocycles. The van der Waals surface area contributed by atoms with E-state index in [0.717, 1.165) is 18.7 Å². The monoisotopic (exact) mass is 357 g/mol. The van der Waals surface area contributed by atoms with Gasteiger partial charge in [0.1, 0.15) is 5.82 Å². The maximum absolute atomic E-state index is 12.6. The normalized spacial score (nSPS) is 12.0. The highest BCUT2D eigenvalue weighted by molar-refractivity contribution is 5.96. The summed E-state index contributed by atoms with van der Waals surface area (Å²) < 4.78 is 1.92. The van der Waals surface area contributed by atoms with E-state index in [9.17, 15) is 9.59 Å². The van der Waals surface area contributed by atoms with E-state index in [0.29, 0.717) is 17.8 Å². The molecule has 0 bridgehead atoms. The molecule has 1 aromatic carbocycles. The Morgan fingerprint density at radius 1 is 1.23 bits per heavy atom. The van der Waals surface area contributed by atoms with E-state index >= 15 is 0 Å². The van der Waals surface area contributed by atoms with Gasteiger partial charge in [-0.05, 0) is 44.8 Å². The summed E-state index contributed by atoms with van der Waals surface area (Å²) >= 11 is 0. The van der Waals surface area contributed by atoms with Crippen LogP contribution >= 0.6 is 0 Å². The van der Waals surface area contributed by atoms with Crippen molar-refractivity contribution in [3.8, 4) is 0 Å². The Morgan fingerprint density at radius 3 is 2.46 bits per heavy atom. The lowest BCUT2D eigenvalue weighted by Gasteiger charge is -2.18. The second-order valence-corrected chi connectivity index (χ2v) is 6.57. The Kier molecular flexibility index (Phi) is 6.91. The zero-order valence-corrected chi connectivity index (χ0v) is 15.8. The van der Waals surface area contributed by atoms with Gasteiger partial charge >= 0.3 is 0 Å². The van der Waals surface area contributed by atoms with E-state index in [4.69, 9.17) is 0 Å². The number of benzene rings is 1. The minimum absolute atomic E-state index is 0.0926.